The first-order chi connectivity index (χ1) is 17.4. The van der Waals surface area contributed by atoms with E-state index in [9.17, 15) is 24.3 Å². The molecule has 0 radical (unpaired) electrons. The number of esters is 1. The molecular weight excluding hydrogens is 466 g/mol. The van der Waals surface area contributed by atoms with E-state index in [-0.39, 0.29) is 50.5 Å². The summed E-state index contributed by atoms with van der Waals surface area (Å²) < 4.78 is 10.7. The van der Waals surface area contributed by atoms with E-state index in [1.807, 2.05) is 30.3 Å². The molecule has 10 nitrogen and oxygen atoms in total. The van der Waals surface area contributed by atoms with Crippen LogP contribution >= 0.6 is 0 Å². The summed E-state index contributed by atoms with van der Waals surface area (Å²) in [7, 11) is 0. The highest BCUT2D eigenvalue weighted by Gasteiger charge is 2.35. The lowest BCUT2D eigenvalue weighted by atomic mass is 9.97. The summed E-state index contributed by atoms with van der Waals surface area (Å²) in [6, 6.07) is 7.58. The second kappa shape index (κ2) is 13.6. The van der Waals surface area contributed by atoms with Crippen molar-refractivity contribution in [3.8, 4) is 0 Å². The lowest BCUT2D eigenvalue weighted by Gasteiger charge is -2.29. The standard InChI is InChI=1S/C26H35N3O7/c1-18(15-30)27-23(31)14-20-10-5-6-12-22(28-26(34)36-16-19-8-3-2-4-9-19)25(33)35-17-21-11-7-13-29(21)24(20)32/h2-6,8-9,18,20-22,30H,7,10-17H2,1H3,(H,27,31)(H,28,34)/t18-,20+,21-,22+/m0/s1. The summed E-state index contributed by atoms with van der Waals surface area (Å²) in [5.74, 6) is -1.63. The van der Waals surface area contributed by atoms with Crippen LogP contribution in [0.2, 0.25) is 0 Å². The van der Waals surface area contributed by atoms with Crippen molar-refractivity contribution in [2.75, 3.05) is 19.8 Å². The van der Waals surface area contributed by atoms with Crippen LogP contribution in [0.15, 0.2) is 42.5 Å². The monoisotopic (exact) mass is 501 g/mol. The molecule has 1 aromatic rings. The van der Waals surface area contributed by atoms with E-state index in [1.54, 1.807) is 24.0 Å². The van der Waals surface area contributed by atoms with E-state index in [0.717, 1.165) is 12.0 Å². The number of cyclic esters (lactones) is 1. The summed E-state index contributed by atoms with van der Waals surface area (Å²) >= 11 is 0. The van der Waals surface area contributed by atoms with Gasteiger partial charge in [-0.1, -0.05) is 42.5 Å². The van der Waals surface area contributed by atoms with Crippen molar-refractivity contribution in [3.05, 3.63) is 48.0 Å². The molecule has 2 heterocycles. The third-order valence-electron chi connectivity index (χ3n) is 6.29. The minimum absolute atomic E-state index is 0.00991. The summed E-state index contributed by atoms with van der Waals surface area (Å²) in [5.41, 5.74) is 0.822. The number of aliphatic hydroxyl groups excluding tert-OH is 1. The Morgan fingerprint density at radius 2 is 1.94 bits per heavy atom. The Bertz CT molecular complexity index is 937. The maximum absolute atomic E-state index is 13.3. The zero-order valence-electron chi connectivity index (χ0n) is 20.6. The van der Waals surface area contributed by atoms with Crippen molar-refractivity contribution in [2.24, 2.45) is 5.92 Å². The molecular formula is C26H35N3O7. The van der Waals surface area contributed by atoms with Gasteiger partial charge in [0.05, 0.1) is 18.6 Å². The molecule has 2 aliphatic heterocycles. The first-order valence-corrected chi connectivity index (χ1v) is 12.4. The predicted molar refractivity (Wildman–Crippen MR) is 130 cm³/mol. The highest BCUT2D eigenvalue weighted by atomic mass is 16.6. The molecule has 196 valence electrons. The zero-order valence-corrected chi connectivity index (χ0v) is 20.6. The highest BCUT2D eigenvalue weighted by Crippen LogP contribution is 2.24. The number of amides is 3. The molecule has 3 rings (SSSR count). The number of nitrogens with one attached hydrogen (secondary N) is 2. The molecule has 1 saturated heterocycles. The number of fused-ring (bicyclic) bond motifs is 1. The molecule has 4 atom stereocenters. The number of aliphatic hydroxyl groups is 1. The van der Waals surface area contributed by atoms with Crippen LogP contribution in [0, 0.1) is 5.92 Å². The van der Waals surface area contributed by atoms with Crippen LogP contribution in [0.1, 0.15) is 44.6 Å². The molecule has 1 aromatic carbocycles. The Morgan fingerprint density at radius 3 is 2.69 bits per heavy atom. The van der Waals surface area contributed by atoms with E-state index in [1.165, 1.54) is 0 Å². The quantitative estimate of drug-likeness (QED) is 0.382. The molecule has 36 heavy (non-hydrogen) atoms. The molecule has 0 unspecified atom stereocenters. The summed E-state index contributed by atoms with van der Waals surface area (Å²) in [5, 5.41) is 14.5. The number of nitrogens with zero attached hydrogens (tertiary/aromatic N) is 1. The molecule has 3 N–H and O–H groups in total. The van der Waals surface area contributed by atoms with Crippen LogP contribution in [0.3, 0.4) is 0 Å². The van der Waals surface area contributed by atoms with Crippen molar-refractivity contribution in [1.29, 1.82) is 0 Å². The molecule has 2 aliphatic rings. The maximum atomic E-state index is 13.3. The Balaban J connectivity index is 1.66. The summed E-state index contributed by atoms with van der Waals surface area (Å²) in [6.07, 6.45) is 4.63. The third-order valence-corrected chi connectivity index (χ3v) is 6.29. The second-order valence-corrected chi connectivity index (χ2v) is 9.21. The minimum Gasteiger partial charge on any atom is -0.462 e. The Morgan fingerprint density at radius 1 is 1.19 bits per heavy atom. The Hall–Kier alpha value is -3.40. The molecule has 10 heteroatoms. The fourth-order valence-electron chi connectivity index (χ4n) is 4.30. The lowest BCUT2D eigenvalue weighted by molar-refractivity contribution is -0.150. The van der Waals surface area contributed by atoms with Gasteiger partial charge in [-0.25, -0.2) is 9.59 Å². The van der Waals surface area contributed by atoms with Crippen molar-refractivity contribution in [2.45, 2.75) is 63.8 Å². The first kappa shape index (κ1) is 27.2. The van der Waals surface area contributed by atoms with Gasteiger partial charge in [-0.3, -0.25) is 9.59 Å². The fraction of sp³-hybridized carbons (Fsp3) is 0.538. The number of carbonyl (C=O) groups is 4. The van der Waals surface area contributed by atoms with Crippen LogP contribution in [-0.2, 0) is 30.5 Å². The maximum Gasteiger partial charge on any atom is 0.408 e. The van der Waals surface area contributed by atoms with Gasteiger partial charge < -0.3 is 30.1 Å². The second-order valence-electron chi connectivity index (χ2n) is 9.21. The normalized spacial score (nSPS) is 23.5. The van der Waals surface area contributed by atoms with Crippen molar-refractivity contribution < 1.29 is 33.8 Å². The number of carbonyl (C=O) groups excluding carboxylic acids is 4. The lowest BCUT2D eigenvalue weighted by Crippen LogP contribution is -2.46. The number of alkyl carbamates (subject to hydrolysis) is 1. The van der Waals surface area contributed by atoms with Gasteiger partial charge in [0.15, 0.2) is 0 Å². The molecule has 0 aliphatic carbocycles. The molecule has 1 fully saturated rings. The van der Waals surface area contributed by atoms with Gasteiger partial charge in [-0.05, 0) is 38.2 Å². The average molecular weight is 502 g/mol. The predicted octanol–water partition coefficient (Wildman–Crippen LogP) is 1.67. The molecule has 0 bridgehead atoms. The number of rotatable bonds is 7. The van der Waals surface area contributed by atoms with Gasteiger partial charge in [0, 0.05) is 19.0 Å². The van der Waals surface area contributed by atoms with E-state index in [2.05, 4.69) is 10.6 Å². The number of benzene rings is 1. The van der Waals surface area contributed by atoms with Gasteiger partial charge in [0.25, 0.3) is 0 Å². The van der Waals surface area contributed by atoms with Crippen molar-refractivity contribution in [3.63, 3.8) is 0 Å². The van der Waals surface area contributed by atoms with E-state index in [4.69, 9.17) is 9.47 Å². The number of allylic oxidation sites excluding steroid dienone is 1. The van der Waals surface area contributed by atoms with Crippen LogP contribution in [0.5, 0.6) is 0 Å². The van der Waals surface area contributed by atoms with Crippen molar-refractivity contribution in [1.82, 2.24) is 15.5 Å². The van der Waals surface area contributed by atoms with Crippen LogP contribution in [-0.4, -0.2) is 71.8 Å². The number of hydrogen-bond donors (Lipinski definition) is 3. The molecule has 0 aromatic heterocycles. The van der Waals surface area contributed by atoms with E-state index in [0.29, 0.717) is 19.4 Å². The first-order valence-electron chi connectivity index (χ1n) is 12.4. The average Bonchev–Trinajstić information content (AvgIpc) is 3.35. The third kappa shape index (κ3) is 8.08. The Kier molecular flexibility index (Phi) is 10.3. The van der Waals surface area contributed by atoms with E-state index < -0.39 is 30.1 Å². The number of ether oxygens (including phenoxy) is 2. The number of hydrogen-bond acceptors (Lipinski definition) is 7. The van der Waals surface area contributed by atoms with Gasteiger partial charge in [0.1, 0.15) is 19.3 Å². The van der Waals surface area contributed by atoms with Crippen LogP contribution in [0.25, 0.3) is 0 Å². The van der Waals surface area contributed by atoms with Gasteiger partial charge in [0.2, 0.25) is 11.8 Å². The van der Waals surface area contributed by atoms with Crippen LogP contribution < -0.4 is 10.6 Å². The van der Waals surface area contributed by atoms with Gasteiger partial charge in [-0.15, -0.1) is 0 Å². The summed E-state index contributed by atoms with van der Waals surface area (Å²) in [4.78, 5) is 52.5. The SMILES string of the molecule is C[C@@H](CO)NC(=O)C[C@H]1CC=CC[C@@H](NC(=O)OCc2ccccc2)C(=O)OC[C@@H]2CCCN2C1=O. The molecule has 0 saturated carbocycles. The van der Waals surface area contributed by atoms with Gasteiger partial charge in [-0.2, -0.15) is 0 Å². The fourth-order valence-corrected chi connectivity index (χ4v) is 4.30. The molecule has 0 spiro atoms. The Labute approximate surface area is 211 Å². The largest absolute Gasteiger partial charge is 0.462 e. The minimum atomic E-state index is -0.943. The molecule has 3 amide bonds. The van der Waals surface area contributed by atoms with Gasteiger partial charge >= 0.3 is 12.1 Å². The zero-order chi connectivity index (χ0) is 25.9. The van der Waals surface area contributed by atoms with Crippen LogP contribution in [0.4, 0.5) is 4.79 Å². The smallest absolute Gasteiger partial charge is 0.408 e. The van der Waals surface area contributed by atoms with E-state index >= 15 is 0 Å². The van der Waals surface area contributed by atoms with Crippen molar-refractivity contribution >= 4 is 23.9 Å². The summed E-state index contributed by atoms with van der Waals surface area (Å²) in [6.45, 7) is 2.12. The highest BCUT2D eigenvalue weighted by molar-refractivity contribution is 5.86. The topological polar surface area (TPSA) is 134 Å².